The highest BCUT2D eigenvalue weighted by Gasteiger charge is 2.26. The Kier molecular flexibility index (Phi) is 5.79. The van der Waals surface area contributed by atoms with Gasteiger partial charge in [-0.15, -0.1) is 0 Å². The maximum atomic E-state index is 10.8. The molecule has 0 spiro atoms. The Hall–Kier alpha value is -1.81. The molecule has 1 fully saturated rings. The quantitative estimate of drug-likeness (QED) is 0.753. The molecule has 4 heteroatoms. The van der Waals surface area contributed by atoms with Crippen molar-refractivity contribution < 1.29 is 19.4 Å². The van der Waals surface area contributed by atoms with E-state index in [9.17, 15) is 4.79 Å². The van der Waals surface area contributed by atoms with Gasteiger partial charge in [-0.05, 0) is 73.8 Å². The lowest BCUT2D eigenvalue weighted by atomic mass is 9.76. The van der Waals surface area contributed by atoms with E-state index in [1.54, 1.807) is 5.57 Å². The Balaban J connectivity index is 1.69. The predicted molar refractivity (Wildman–Crippen MR) is 97.2 cm³/mol. The Morgan fingerprint density at radius 1 is 1.28 bits per heavy atom. The van der Waals surface area contributed by atoms with Gasteiger partial charge in [0.25, 0.3) is 0 Å². The Morgan fingerprint density at radius 3 is 2.76 bits per heavy atom. The van der Waals surface area contributed by atoms with Crippen LogP contribution in [0, 0.1) is 19.8 Å². The summed E-state index contributed by atoms with van der Waals surface area (Å²) < 4.78 is 11.8. The Morgan fingerprint density at radius 2 is 2.08 bits per heavy atom. The van der Waals surface area contributed by atoms with Crippen molar-refractivity contribution in [1.29, 1.82) is 0 Å². The molecule has 136 valence electrons. The molecule has 1 aliphatic carbocycles. The summed E-state index contributed by atoms with van der Waals surface area (Å²) in [5.41, 5.74) is 6.22. The highest BCUT2D eigenvalue weighted by atomic mass is 16.5. The van der Waals surface area contributed by atoms with Gasteiger partial charge >= 0.3 is 5.97 Å². The third-order valence-corrected chi connectivity index (χ3v) is 5.70. The number of hydrogen-bond acceptors (Lipinski definition) is 3. The molecule has 0 saturated heterocycles. The van der Waals surface area contributed by atoms with Gasteiger partial charge in [0, 0.05) is 6.42 Å². The smallest absolute Gasteiger partial charge is 0.303 e. The van der Waals surface area contributed by atoms with Crippen molar-refractivity contribution in [2.45, 2.75) is 52.4 Å². The number of aryl methyl sites for hydroxylation is 1. The number of carboxylic acids is 1. The monoisotopic (exact) mass is 344 g/mol. The van der Waals surface area contributed by atoms with E-state index >= 15 is 0 Å². The van der Waals surface area contributed by atoms with E-state index in [1.165, 1.54) is 24.8 Å². The van der Waals surface area contributed by atoms with Gasteiger partial charge < -0.3 is 14.6 Å². The van der Waals surface area contributed by atoms with E-state index in [4.69, 9.17) is 14.6 Å². The van der Waals surface area contributed by atoms with E-state index in [-0.39, 0.29) is 6.42 Å². The zero-order valence-electron chi connectivity index (χ0n) is 15.3. The third kappa shape index (κ3) is 4.24. The standard InChI is InChI=1S/C21H28O4/c1-14-15(2)20(8-6-16(14)7-9-21(22)23)25-13-18-12-24-11-10-19(18)17-4-3-5-17/h6,8,17H,3-5,7,9-13H2,1-2H3,(H,22,23). The lowest BCUT2D eigenvalue weighted by Gasteiger charge is -2.33. The van der Waals surface area contributed by atoms with Crippen molar-refractivity contribution in [3.05, 3.63) is 40.0 Å². The Bertz CT molecular complexity index is 671. The second kappa shape index (κ2) is 8.05. The van der Waals surface area contributed by atoms with Crippen LogP contribution >= 0.6 is 0 Å². The van der Waals surface area contributed by atoms with Crippen LogP contribution in [0.15, 0.2) is 23.3 Å². The van der Waals surface area contributed by atoms with E-state index in [2.05, 4.69) is 0 Å². The minimum atomic E-state index is -0.759. The van der Waals surface area contributed by atoms with Crippen molar-refractivity contribution >= 4 is 5.97 Å². The molecule has 3 rings (SSSR count). The molecule has 25 heavy (non-hydrogen) atoms. The number of ether oxygens (including phenoxy) is 2. The van der Waals surface area contributed by atoms with E-state index in [1.807, 2.05) is 26.0 Å². The maximum Gasteiger partial charge on any atom is 0.303 e. The van der Waals surface area contributed by atoms with Crippen molar-refractivity contribution in [3.63, 3.8) is 0 Å². The van der Waals surface area contributed by atoms with E-state index in [0.29, 0.717) is 19.6 Å². The van der Waals surface area contributed by atoms with Gasteiger partial charge in [-0.2, -0.15) is 0 Å². The average Bonchev–Trinajstić information content (AvgIpc) is 2.55. The summed E-state index contributed by atoms with van der Waals surface area (Å²) in [4.78, 5) is 10.8. The minimum absolute atomic E-state index is 0.162. The molecule has 2 aliphatic rings. The van der Waals surface area contributed by atoms with Gasteiger partial charge in [0.1, 0.15) is 12.4 Å². The maximum absolute atomic E-state index is 10.8. The third-order valence-electron chi connectivity index (χ3n) is 5.70. The molecule has 0 bridgehead atoms. The van der Waals surface area contributed by atoms with E-state index < -0.39 is 5.97 Å². The van der Waals surface area contributed by atoms with Gasteiger partial charge in [-0.3, -0.25) is 4.79 Å². The molecule has 0 amide bonds. The zero-order chi connectivity index (χ0) is 17.8. The summed E-state index contributed by atoms with van der Waals surface area (Å²) in [6.07, 6.45) is 5.75. The summed E-state index contributed by atoms with van der Waals surface area (Å²) in [6, 6.07) is 3.98. The fraction of sp³-hybridized carbons (Fsp3) is 0.571. The van der Waals surface area contributed by atoms with Gasteiger partial charge in [0.15, 0.2) is 0 Å². The van der Waals surface area contributed by atoms with Crippen LogP contribution in [0.5, 0.6) is 5.75 Å². The van der Waals surface area contributed by atoms with Crippen LogP contribution in [0.2, 0.25) is 0 Å². The number of benzene rings is 1. The molecular formula is C21H28O4. The molecule has 1 N–H and O–H groups in total. The van der Waals surface area contributed by atoms with Crippen molar-refractivity contribution in [2.75, 3.05) is 19.8 Å². The van der Waals surface area contributed by atoms with Gasteiger partial charge in [0.05, 0.1) is 13.2 Å². The molecule has 0 aromatic heterocycles. The topological polar surface area (TPSA) is 55.8 Å². The number of rotatable bonds is 7. The van der Waals surface area contributed by atoms with Gasteiger partial charge in [-0.25, -0.2) is 0 Å². The van der Waals surface area contributed by atoms with Crippen LogP contribution in [0.4, 0.5) is 0 Å². The van der Waals surface area contributed by atoms with Crippen molar-refractivity contribution in [3.8, 4) is 5.75 Å². The van der Waals surface area contributed by atoms with Gasteiger partial charge in [-0.1, -0.05) is 18.1 Å². The van der Waals surface area contributed by atoms with Crippen LogP contribution in [0.1, 0.15) is 48.8 Å². The summed E-state index contributed by atoms with van der Waals surface area (Å²) in [5, 5.41) is 8.87. The number of carboxylic acid groups (broad SMARTS) is 1. The first-order chi connectivity index (χ1) is 12.1. The number of aliphatic carboxylic acids is 1. The molecular weight excluding hydrogens is 316 g/mol. The van der Waals surface area contributed by atoms with Gasteiger partial charge in [0.2, 0.25) is 0 Å². The fourth-order valence-electron chi connectivity index (χ4n) is 3.72. The van der Waals surface area contributed by atoms with Crippen LogP contribution in [0.3, 0.4) is 0 Å². The largest absolute Gasteiger partial charge is 0.489 e. The zero-order valence-corrected chi connectivity index (χ0v) is 15.3. The molecule has 1 aromatic carbocycles. The summed E-state index contributed by atoms with van der Waals surface area (Å²) in [5.74, 6) is 0.886. The summed E-state index contributed by atoms with van der Waals surface area (Å²) in [7, 11) is 0. The summed E-state index contributed by atoms with van der Waals surface area (Å²) in [6.45, 7) is 6.22. The van der Waals surface area contributed by atoms with Crippen LogP contribution in [-0.2, 0) is 16.0 Å². The lowest BCUT2D eigenvalue weighted by molar-refractivity contribution is -0.136. The molecule has 1 heterocycles. The number of hydrogen-bond donors (Lipinski definition) is 1. The van der Waals surface area contributed by atoms with Crippen LogP contribution < -0.4 is 4.74 Å². The highest BCUT2D eigenvalue weighted by molar-refractivity contribution is 5.67. The van der Waals surface area contributed by atoms with Crippen LogP contribution in [-0.4, -0.2) is 30.9 Å². The minimum Gasteiger partial charge on any atom is -0.489 e. The van der Waals surface area contributed by atoms with Crippen molar-refractivity contribution in [1.82, 2.24) is 0 Å². The second-order valence-electron chi connectivity index (χ2n) is 7.21. The predicted octanol–water partition coefficient (Wildman–Crippen LogP) is 4.22. The highest BCUT2D eigenvalue weighted by Crippen LogP contribution is 2.38. The fourth-order valence-corrected chi connectivity index (χ4v) is 3.72. The van der Waals surface area contributed by atoms with Crippen LogP contribution in [0.25, 0.3) is 0 Å². The SMILES string of the molecule is Cc1c(CCC(=O)O)ccc(OCC2=C(C3CCC3)CCOC2)c1C. The first-order valence-corrected chi connectivity index (χ1v) is 9.28. The number of carbonyl (C=O) groups is 1. The summed E-state index contributed by atoms with van der Waals surface area (Å²) >= 11 is 0. The molecule has 1 aromatic rings. The molecule has 4 nitrogen and oxygen atoms in total. The first-order valence-electron chi connectivity index (χ1n) is 9.28. The average molecular weight is 344 g/mol. The molecule has 0 radical (unpaired) electrons. The molecule has 0 atom stereocenters. The van der Waals surface area contributed by atoms with E-state index in [0.717, 1.165) is 41.4 Å². The molecule has 1 aliphatic heterocycles. The normalized spacial score (nSPS) is 18.2. The Labute approximate surface area is 149 Å². The molecule has 1 saturated carbocycles. The first kappa shape index (κ1) is 18.0. The lowest BCUT2D eigenvalue weighted by Crippen LogP contribution is -2.24. The second-order valence-corrected chi connectivity index (χ2v) is 7.21. The van der Waals surface area contributed by atoms with Crippen molar-refractivity contribution in [2.24, 2.45) is 5.92 Å². The molecule has 0 unspecified atom stereocenters.